The van der Waals surface area contributed by atoms with Gasteiger partial charge in [-0.25, -0.2) is 0 Å². The number of ether oxygens (including phenoxy) is 1. The summed E-state index contributed by atoms with van der Waals surface area (Å²) in [5, 5.41) is 22.6. The fraction of sp³-hybridized carbons (Fsp3) is 0.0588. The summed E-state index contributed by atoms with van der Waals surface area (Å²) in [5.41, 5.74) is 14.2. The van der Waals surface area contributed by atoms with E-state index in [1.165, 1.54) is 12.1 Å². The first-order chi connectivity index (χ1) is 14.7. The van der Waals surface area contributed by atoms with Crippen LogP contribution < -0.4 is 10.5 Å². The lowest BCUT2D eigenvalue weighted by molar-refractivity contribution is -0.384. The quantitative estimate of drug-likeness (QED) is 0.100. The minimum atomic E-state index is -4.59. The van der Waals surface area contributed by atoms with Gasteiger partial charge in [0.05, 0.1) is 16.7 Å². The van der Waals surface area contributed by atoms with E-state index in [-0.39, 0.29) is 33.9 Å². The van der Waals surface area contributed by atoms with Gasteiger partial charge in [0.25, 0.3) is 15.8 Å². The van der Waals surface area contributed by atoms with Crippen LogP contribution in [0.5, 0.6) is 5.75 Å². The standard InChI is InChI=1S/C17H13N7O6S/c18-17-12-4-2-1-3-11(12)16(31(27,28)29)8-14(17)22-21-13-6-5-10(24(25)26)7-15(13)30-9-20-23-19/h1-8H,9,18H2,(H,27,28,29). The van der Waals surface area contributed by atoms with E-state index in [1.54, 1.807) is 18.2 Å². The van der Waals surface area contributed by atoms with Crippen molar-refractivity contribution in [2.75, 3.05) is 12.5 Å². The normalized spacial score (nSPS) is 11.4. The maximum Gasteiger partial charge on any atom is 0.295 e. The van der Waals surface area contributed by atoms with Crippen molar-refractivity contribution in [2.24, 2.45) is 15.3 Å². The molecule has 0 bridgehead atoms. The van der Waals surface area contributed by atoms with Gasteiger partial charge in [0.2, 0.25) is 0 Å². The second-order valence-electron chi connectivity index (χ2n) is 5.94. The number of nitrogens with two attached hydrogens (primary N) is 1. The molecule has 0 spiro atoms. The molecule has 0 saturated carbocycles. The molecule has 0 aliphatic rings. The molecule has 0 saturated heterocycles. The first-order valence-corrected chi connectivity index (χ1v) is 9.79. The number of hydrogen-bond acceptors (Lipinski definition) is 9. The van der Waals surface area contributed by atoms with E-state index >= 15 is 0 Å². The molecule has 0 amide bonds. The summed E-state index contributed by atoms with van der Waals surface area (Å²) in [7, 11) is -4.59. The van der Waals surface area contributed by atoms with Crippen LogP contribution in [-0.4, -0.2) is 24.6 Å². The van der Waals surface area contributed by atoms with Crippen LogP contribution in [-0.2, 0) is 10.1 Å². The predicted octanol–water partition coefficient (Wildman–Crippen LogP) is 4.64. The molecule has 13 nitrogen and oxygen atoms in total. The zero-order valence-corrected chi connectivity index (χ0v) is 16.3. The molecular formula is C17H13N7O6S. The maximum atomic E-state index is 11.8. The van der Waals surface area contributed by atoms with Crippen LogP contribution in [0.4, 0.5) is 22.7 Å². The Morgan fingerprint density at radius 2 is 1.81 bits per heavy atom. The SMILES string of the molecule is [N-]=[N+]=NCOc1cc([N+](=O)[O-])ccc1N=Nc1cc(S(=O)(=O)O)c2ccccc2c1N. The molecular weight excluding hydrogens is 430 g/mol. The van der Waals surface area contributed by atoms with Crippen molar-refractivity contribution in [3.8, 4) is 5.75 Å². The first-order valence-electron chi connectivity index (χ1n) is 8.35. The Labute approximate surface area is 174 Å². The monoisotopic (exact) mass is 443 g/mol. The predicted molar refractivity (Wildman–Crippen MR) is 110 cm³/mol. The summed E-state index contributed by atoms with van der Waals surface area (Å²) in [6.07, 6.45) is 0. The van der Waals surface area contributed by atoms with Gasteiger partial charge in [-0.2, -0.15) is 8.42 Å². The average Bonchev–Trinajstić information content (AvgIpc) is 2.73. The van der Waals surface area contributed by atoms with Gasteiger partial charge in [0, 0.05) is 21.8 Å². The molecule has 0 aliphatic heterocycles. The van der Waals surface area contributed by atoms with Crippen molar-refractivity contribution < 1.29 is 22.6 Å². The number of hydrogen-bond donors (Lipinski definition) is 2. The number of nitro benzene ring substituents is 1. The van der Waals surface area contributed by atoms with Crippen LogP contribution in [0.3, 0.4) is 0 Å². The summed E-state index contributed by atoms with van der Waals surface area (Å²) >= 11 is 0. The van der Waals surface area contributed by atoms with Crippen molar-refractivity contribution in [3.05, 3.63) is 69.1 Å². The minimum Gasteiger partial charge on any atom is -0.485 e. The lowest BCUT2D eigenvalue weighted by Gasteiger charge is -2.09. The van der Waals surface area contributed by atoms with Gasteiger partial charge in [-0.05, 0) is 17.7 Å². The molecule has 31 heavy (non-hydrogen) atoms. The number of non-ortho nitro benzene ring substituents is 1. The Kier molecular flexibility index (Phi) is 5.97. The summed E-state index contributed by atoms with van der Waals surface area (Å²) < 4.78 is 38.4. The number of anilines is 1. The number of azo groups is 1. The van der Waals surface area contributed by atoms with E-state index in [2.05, 4.69) is 20.3 Å². The van der Waals surface area contributed by atoms with Gasteiger partial charge in [-0.1, -0.05) is 29.4 Å². The zero-order valence-electron chi connectivity index (χ0n) is 15.5. The summed E-state index contributed by atoms with van der Waals surface area (Å²) in [5.74, 6) is -0.0975. The highest BCUT2D eigenvalue weighted by molar-refractivity contribution is 7.86. The lowest BCUT2D eigenvalue weighted by atomic mass is 10.1. The van der Waals surface area contributed by atoms with Crippen LogP contribution in [0, 0.1) is 10.1 Å². The molecule has 0 aromatic heterocycles. The van der Waals surface area contributed by atoms with Gasteiger partial charge in [-0.15, -0.1) is 10.2 Å². The van der Waals surface area contributed by atoms with E-state index in [0.29, 0.717) is 5.39 Å². The largest absolute Gasteiger partial charge is 0.485 e. The molecule has 158 valence electrons. The highest BCUT2D eigenvalue weighted by Crippen LogP contribution is 2.38. The van der Waals surface area contributed by atoms with E-state index in [0.717, 1.165) is 18.2 Å². The molecule has 3 aromatic carbocycles. The average molecular weight is 443 g/mol. The van der Waals surface area contributed by atoms with Crippen molar-refractivity contribution in [2.45, 2.75) is 4.90 Å². The number of nitro groups is 1. The van der Waals surface area contributed by atoms with Gasteiger partial charge < -0.3 is 10.5 Å². The van der Waals surface area contributed by atoms with Crippen LogP contribution in [0.2, 0.25) is 0 Å². The van der Waals surface area contributed by atoms with Crippen LogP contribution in [0.25, 0.3) is 21.2 Å². The Morgan fingerprint density at radius 1 is 1.13 bits per heavy atom. The second kappa shape index (κ2) is 8.62. The van der Waals surface area contributed by atoms with Gasteiger partial charge in [0.15, 0.2) is 12.5 Å². The van der Waals surface area contributed by atoms with Gasteiger partial charge in [-0.3, -0.25) is 14.7 Å². The number of fused-ring (bicyclic) bond motifs is 1. The molecule has 0 radical (unpaired) electrons. The van der Waals surface area contributed by atoms with Crippen LogP contribution >= 0.6 is 0 Å². The summed E-state index contributed by atoms with van der Waals surface area (Å²) in [6, 6.07) is 10.8. The fourth-order valence-corrected chi connectivity index (χ4v) is 3.41. The number of nitrogen functional groups attached to an aromatic ring is 1. The maximum absolute atomic E-state index is 11.8. The molecule has 3 aromatic rings. The van der Waals surface area contributed by atoms with Gasteiger partial charge in [0.1, 0.15) is 16.3 Å². The number of azide groups is 1. The Morgan fingerprint density at radius 3 is 2.45 bits per heavy atom. The molecule has 3 N–H and O–H groups in total. The van der Waals surface area contributed by atoms with Crippen molar-refractivity contribution in [1.82, 2.24) is 0 Å². The topological polar surface area (TPSA) is 206 Å². The third-order valence-corrected chi connectivity index (χ3v) is 4.96. The number of rotatable bonds is 7. The number of benzene rings is 3. The molecule has 0 unspecified atom stereocenters. The summed E-state index contributed by atoms with van der Waals surface area (Å²) in [4.78, 5) is 12.5. The highest BCUT2D eigenvalue weighted by atomic mass is 32.2. The van der Waals surface area contributed by atoms with Crippen molar-refractivity contribution in [3.63, 3.8) is 0 Å². The fourth-order valence-electron chi connectivity index (χ4n) is 2.69. The van der Waals surface area contributed by atoms with E-state index < -0.39 is 26.7 Å². The Bertz CT molecular complexity index is 1370. The smallest absolute Gasteiger partial charge is 0.295 e. The second-order valence-corrected chi connectivity index (χ2v) is 7.33. The molecule has 14 heteroatoms. The van der Waals surface area contributed by atoms with Crippen molar-refractivity contribution >= 4 is 43.6 Å². The molecule has 3 rings (SSSR count). The highest BCUT2D eigenvalue weighted by Gasteiger charge is 2.19. The Hall–Kier alpha value is -4.26. The molecule has 0 heterocycles. The molecule has 0 aliphatic carbocycles. The summed E-state index contributed by atoms with van der Waals surface area (Å²) in [6.45, 7) is -0.453. The van der Waals surface area contributed by atoms with E-state index in [4.69, 9.17) is 16.0 Å². The lowest BCUT2D eigenvalue weighted by Crippen LogP contribution is -2.01. The van der Waals surface area contributed by atoms with E-state index in [1.807, 2.05) is 0 Å². The molecule has 0 atom stereocenters. The molecule has 0 fully saturated rings. The Balaban J connectivity index is 2.12. The number of nitrogens with zero attached hydrogens (tertiary/aromatic N) is 6. The first kappa shape index (κ1) is 21.4. The minimum absolute atomic E-state index is 0.0275. The zero-order chi connectivity index (χ0) is 22.6. The third-order valence-electron chi connectivity index (χ3n) is 4.07. The van der Waals surface area contributed by atoms with Crippen molar-refractivity contribution in [1.29, 1.82) is 0 Å². The van der Waals surface area contributed by atoms with Gasteiger partial charge >= 0.3 is 0 Å². The van der Waals surface area contributed by atoms with Crippen LogP contribution in [0.15, 0.2) is 68.8 Å². The third kappa shape index (κ3) is 4.67. The van der Waals surface area contributed by atoms with Crippen LogP contribution in [0.1, 0.15) is 0 Å². The van der Waals surface area contributed by atoms with E-state index in [9.17, 15) is 23.1 Å².